The van der Waals surface area contributed by atoms with Crippen LogP contribution in [0.5, 0.6) is 0 Å². The number of hydrogen-bond donors (Lipinski definition) is 3. The molecule has 1 heterocycles. The van der Waals surface area contributed by atoms with E-state index in [9.17, 15) is 27.9 Å². The molecule has 0 saturated carbocycles. The second-order valence-electron chi connectivity index (χ2n) is 6.44. The number of aliphatic carboxylic acids is 1. The Morgan fingerprint density at radius 3 is 2.61 bits per heavy atom. The second kappa shape index (κ2) is 8.68. The molecule has 0 radical (unpaired) electrons. The Morgan fingerprint density at radius 1 is 1.39 bits per heavy atom. The molecule has 2 rings (SSSR count). The van der Waals surface area contributed by atoms with Gasteiger partial charge in [-0.15, -0.1) is 0 Å². The van der Waals surface area contributed by atoms with Gasteiger partial charge in [0.2, 0.25) is 21.0 Å². The molecule has 1 amide bonds. The van der Waals surface area contributed by atoms with Crippen molar-refractivity contribution in [3.63, 3.8) is 0 Å². The highest BCUT2D eigenvalue weighted by molar-refractivity contribution is 8.14. The maximum Gasteiger partial charge on any atom is 0.326 e. The molecule has 2 atom stereocenters. The predicted molar refractivity (Wildman–Crippen MR) is 106 cm³/mol. The summed E-state index contributed by atoms with van der Waals surface area (Å²) in [6.45, 7) is 1.96. The van der Waals surface area contributed by atoms with Crippen LogP contribution in [0.3, 0.4) is 0 Å². The van der Waals surface area contributed by atoms with Gasteiger partial charge in [-0.25, -0.2) is 18.4 Å². The largest absolute Gasteiger partial charge is 0.480 e. The van der Waals surface area contributed by atoms with E-state index in [1.165, 1.54) is 4.90 Å². The predicted octanol–water partition coefficient (Wildman–Crippen LogP) is 1.15. The van der Waals surface area contributed by atoms with Gasteiger partial charge in [0, 0.05) is 23.9 Å². The molecule has 28 heavy (non-hydrogen) atoms. The summed E-state index contributed by atoms with van der Waals surface area (Å²) in [6, 6.07) is 1.29. The zero-order valence-corrected chi connectivity index (χ0v) is 17.3. The summed E-state index contributed by atoms with van der Waals surface area (Å²) in [6.07, 6.45) is 1.01. The number of thioether (sulfide) groups is 1. The minimum absolute atomic E-state index is 0.0145. The van der Waals surface area contributed by atoms with E-state index in [2.05, 4.69) is 0 Å². The van der Waals surface area contributed by atoms with Crippen molar-refractivity contribution in [1.82, 2.24) is 4.90 Å². The highest BCUT2D eigenvalue weighted by Crippen LogP contribution is 2.30. The molecule has 0 aromatic heterocycles. The van der Waals surface area contributed by atoms with Crippen molar-refractivity contribution in [1.29, 1.82) is 0 Å². The molecule has 1 saturated heterocycles. The van der Waals surface area contributed by atoms with Crippen LogP contribution in [0.2, 0.25) is 5.02 Å². The Balaban J connectivity index is 2.10. The van der Waals surface area contributed by atoms with E-state index >= 15 is 0 Å². The minimum Gasteiger partial charge on any atom is -0.480 e. The number of nitrogen functional groups attached to an aromatic ring is 1. The Labute approximate surface area is 171 Å². The number of amides is 1. The molecular formula is C16H20ClN3O6S2. The number of sulfonamides is 1. The molecule has 1 aliphatic heterocycles. The number of hydrogen-bond acceptors (Lipinski definition) is 7. The van der Waals surface area contributed by atoms with Gasteiger partial charge in [0.25, 0.3) is 0 Å². The number of carboxylic acid groups (broad SMARTS) is 1. The quantitative estimate of drug-likeness (QED) is 0.545. The van der Waals surface area contributed by atoms with E-state index in [0.29, 0.717) is 19.4 Å². The Hall–Kier alpha value is -1.82. The first-order valence-corrected chi connectivity index (χ1v) is 11.2. The molecule has 1 aromatic carbocycles. The minimum atomic E-state index is -4.14. The van der Waals surface area contributed by atoms with Crippen LogP contribution in [-0.4, -0.2) is 53.8 Å². The van der Waals surface area contributed by atoms with Crippen molar-refractivity contribution in [2.24, 2.45) is 11.1 Å². The number of likely N-dealkylation sites (tertiary alicyclic amines) is 1. The molecule has 1 aliphatic rings. The first-order valence-electron chi connectivity index (χ1n) is 8.25. The lowest BCUT2D eigenvalue weighted by Gasteiger charge is -2.24. The number of primary sulfonamides is 1. The SMILES string of the molecule is C[C@H](CSC(=O)c1cc(S(N)(=O)=O)c(Cl)cc1N)C(=O)N1CCC[C@H]1C(=O)O. The van der Waals surface area contributed by atoms with Crippen LogP contribution in [0.4, 0.5) is 5.69 Å². The summed E-state index contributed by atoms with van der Waals surface area (Å²) in [5, 5.41) is 13.5. The number of rotatable bonds is 6. The molecule has 154 valence electrons. The Kier molecular flexibility index (Phi) is 6.97. The summed E-state index contributed by atoms with van der Waals surface area (Å²) < 4.78 is 23.1. The number of carbonyl (C=O) groups is 3. The normalized spacial score (nSPS) is 18.1. The van der Waals surface area contributed by atoms with Gasteiger partial charge in [0.05, 0.1) is 10.6 Å². The van der Waals surface area contributed by atoms with Crippen molar-refractivity contribution < 1.29 is 27.9 Å². The van der Waals surface area contributed by atoms with Gasteiger partial charge >= 0.3 is 5.97 Å². The molecule has 9 nitrogen and oxygen atoms in total. The molecular weight excluding hydrogens is 430 g/mol. The summed E-state index contributed by atoms with van der Waals surface area (Å²) in [5.74, 6) is -1.93. The smallest absolute Gasteiger partial charge is 0.326 e. The molecule has 1 fully saturated rings. The zero-order valence-electron chi connectivity index (χ0n) is 14.9. The van der Waals surface area contributed by atoms with Crippen molar-refractivity contribution in [3.8, 4) is 0 Å². The van der Waals surface area contributed by atoms with Crippen LogP contribution in [0.15, 0.2) is 17.0 Å². The van der Waals surface area contributed by atoms with E-state index < -0.39 is 38.0 Å². The highest BCUT2D eigenvalue weighted by Gasteiger charge is 2.36. The average molecular weight is 450 g/mol. The second-order valence-corrected chi connectivity index (χ2v) is 9.37. The Morgan fingerprint density at radius 2 is 2.04 bits per heavy atom. The fourth-order valence-electron chi connectivity index (χ4n) is 2.88. The van der Waals surface area contributed by atoms with E-state index in [0.717, 1.165) is 23.9 Å². The van der Waals surface area contributed by atoms with Gasteiger partial charge in [0.15, 0.2) is 0 Å². The summed E-state index contributed by atoms with van der Waals surface area (Å²) in [7, 11) is -4.14. The fraction of sp³-hybridized carbons (Fsp3) is 0.438. The van der Waals surface area contributed by atoms with Crippen molar-refractivity contribution >= 4 is 56.1 Å². The number of carbonyl (C=O) groups excluding carboxylic acids is 2. The van der Waals surface area contributed by atoms with E-state index in [4.69, 9.17) is 22.5 Å². The van der Waals surface area contributed by atoms with E-state index in [1.54, 1.807) is 6.92 Å². The van der Waals surface area contributed by atoms with E-state index in [1.807, 2.05) is 0 Å². The third-order valence-electron chi connectivity index (χ3n) is 4.34. The fourth-order valence-corrected chi connectivity index (χ4v) is 4.87. The summed E-state index contributed by atoms with van der Waals surface area (Å²) in [4.78, 5) is 37.1. The highest BCUT2D eigenvalue weighted by atomic mass is 35.5. The molecule has 0 bridgehead atoms. The number of anilines is 1. The lowest BCUT2D eigenvalue weighted by Crippen LogP contribution is -2.43. The lowest BCUT2D eigenvalue weighted by molar-refractivity contribution is -0.149. The third-order valence-corrected chi connectivity index (χ3v) is 6.86. The maximum atomic E-state index is 12.5. The summed E-state index contributed by atoms with van der Waals surface area (Å²) >= 11 is 6.60. The molecule has 0 aliphatic carbocycles. The molecule has 12 heteroatoms. The topological polar surface area (TPSA) is 161 Å². The van der Waals surface area contributed by atoms with Crippen LogP contribution in [0, 0.1) is 5.92 Å². The maximum absolute atomic E-state index is 12.5. The van der Waals surface area contributed by atoms with Gasteiger partial charge in [-0.3, -0.25) is 9.59 Å². The zero-order chi connectivity index (χ0) is 21.2. The van der Waals surface area contributed by atoms with Crippen molar-refractivity contribution in [3.05, 3.63) is 22.7 Å². The standard InChI is InChI=1S/C16H20ClN3O6S2/c1-8(14(21)20-4-2-3-12(20)15(22)23)7-27-16(24)9-5-13(28(19,25)26)10(17)6-11(9)18/h5-6,8,12H,2-4,7,18H2,1H3,(H,22,23)(H2,19,25,26)/t8-,12+/m1/s1. The number of nitrogens with two attached hydrogens (primary N) is 2. The first-order chi connectivity index (χ1) is 12.9. The van der Waals surface area contributed by atoms with Gasteiger partial charge in [0.1, 0.15) is 10.9 Å². The van der Waals surface area contributed by atoms with Crippen LogP contribution in [-0.2, 0) is 19.6 Å². The first kappa shape index (κ1) is 22.5. The molecule has 1 aromatic rings. The molecule has 0 spiro atoms. The molecule has 5 N–H and O–H groups in total. The summed E-state index contributed by atoms with van der Waals surface area (Å²) in [5.41, 5.74) is 5.66. The number of benzene rings is 1. The van der Waals surface area contributed by atoms with Gasteiger partial charge < -0.3 is 15.7 Å². The monoisotopic (exact) mass is 449 g/mol. The van der Waals surface area contributed by atoms with Crippen LogP contribution < -0.4 is 10.9 Å². The van der Waals surface area contributed by atoms with E-state index in [-0.39, 0.29) is 27.9 Å². The van der Waals surface area contributed by atoms with Crippen LogP contribution >= 0.6 is 23.4 Å². The van der Waals surface area contributed by atoms with Crippen LogP contribution in [0.25, 0.3) is 0 Å². The van der Waals surface area contributed by atoms with Crippen molar-refractivity contribution in [2.45, 2.75) is 30.7 Å². The third kappa shape index (κ3) is 4.96. The lowest BCUT2D eigenvalue weighted by atomic mass is 10.1. The number of carboxylic acids is 1. The van der Waals surface area contributed by atoms with Gasteiger partial charge in [-0.1, -0.05) is 30.3 Å². The molecule has 0 unspecified atom stereocenters. The average Bonchev–Trinajstić information content (AvgIpc) is 3.07. The van der Waals surface area contributed by atoms with Gasteiger partial charge in [-0.05, 0) is 25.0 Å². The van der Waals surface area contributed by atoms with Crippen molar-refractivity contribution in [2.75, 3.05) is 18.0 Å². The number of halogens is 1. The van der Waals surface area contributed by atoms with Gasteiger partial charge in [-0.2, -0.15) is 0 Å². The van der Waals surface area contributed by atoms with Crippen LogP contribution in [0.1, 0.15) is 30.1 Å². The Bertz CT molecular complexity index is 921. The number of nitrogens with zero attached hydrogens (tertiary/aromatic N) is 1.